The molecule has 0 spiro atoms. The molecule has 140 valence electrons. The highest BCUT2D eigenvalue weighted by atomic mass is 16.5. The lowest BCUT2D eigenvalue weighted by Gasteiger charge is -2.29. The quantitative estimate of drug-likeness (QED) is 0.775. The number of ether oxygens (including phenoxy) is 1. The minimum Gasteiger partial charge on any atom is -0.495 e. The summed E-state index contributed by atoms with van der Waals surface area (Å²) in [6.07, 6.45) is 0. The minimum absolute atomic E-state index is 0.297. The smallest absolute Gasteiger partial charge is 0.319 e. The van der Waals surface area contributed by atoms with E-state index in [1.165, 1.54) is 0 Å². The van der Waals surface area contributed by atoms with E-state index in [1.54, 1.807) is 26.2 Å². The molecule has 3 amide bonds. The number of hydrogen-bond donors (Lipinski definition) is 3. The summed E-state index contributed by atoms with van der Waals surface area (Å²) >= 11 is 0. The number of urea groups is 1. The third kappa shape index (κ3) is 3.79. The number of carbonyl (C=O) groups is 2. The lowest BCUT2D eigenvalue weighted by atomic mass is 9.91. The Morgan fingerprint density at radius 1 is 1.11 bits per heavy atom. The van der Waals surface area contributed by atoms with E-state index in [-0.39, 0.29) is 11.9 Å². The zero-order valence-electron chi connectivity index (χ0n) is 15.8. The Morgan fingerprint density at radius 3 is 2.56 bits per heavy atom. The van der Waals surface area contributed by atoms with Gasteiger partial charge in [0.25, 0.3) is 5.91 Å². The van der Waals surface area contributed by atoms with Gasteiger partial charge >= 0.3 is 6.03 Å². The van der Waals surface area contributed by atoms with Gasteiger partial charge in [-0.3, -0.25) is 4.79 Å². The zero-order valence-corrected chi connectivity index (χ0v) is 15.8. The van der Waals surface area contributed by atoms with Crippen LogP contribution in [0.4, 0.5) is 10.5 Å². The largest absolute Gasteiger partial charge is 0.495 e. The highest BCUT2D eigenvalue weighted by Crippen LogP contribution is 2.31. The fraction of sp³-hybridized carbons (Fsp3) is 0.238. The molecule has 3 N–H and O–H groups in total. The predicted molar refractivity (Wildman–Crippen MR) is 105 cm³/mol. The van der Waals surface area contributed by atoms with Gasteiger partial charge in [0, 0.05) is 5.70 Å². The number of nitrogens with one attached hydrogen (secondary N) is 3. The lowest BCUT2D eigenvalue weighted by molar-refractivity contribution is -0.113. The molecule has 1 aliphatic heterocycles. The fourth-order valence-corrected chi connectivity index (χ4v) is 3.32. The Labute approximate surface area is 158 Å². The number of hydrogen-bond acceptors (Lipinski definition) is 3. The molecule has 0 aromatic heterocycles. The molecule has 0 fully saturated rings. The van der Waals surface area contributed by atoms with E-state index in [0.717, 1.165) is 16.7 Å². The molecule has 0 bridgehead atoms. The number of carbonyl (C=O) groups excluding carboxylic acids is 2. The first kappa shape index (κ1) is 18.5. The Morgan fingerprint density at radius 2 is 1.85 bits per heavy atom. The molecule has 1 aliphatic rings. The maximum absolute atomic E-state index is 13.1. The molecule has 2 aromatic rings. The van der Waals surface area contributed by atoms with Crippen LogP contribution in [0.15, 0.2) is 53.7 Å². The Bertz CT molecular complexity index is 934. The van der Waals surface area contributed by atoms with Crippen LogP contribution < -0.4 is 20.7 Å². The second-order valence-electron chi connectivity index (χ2n) is 6.58. The number of benzene rings is 2. The molecule has 2 aromatic carbocycles. The van der Waals surface area contributed by atoms with Crippen LogP contribution in [-0.4, -0.2) is 19.0 Å². The summed E-state index contributed by atoms with van der Waals surface area (Å²) in [5.74, 6) is 0.273. The van der Waals surface area contributed by atoms with Crippen molar-refractivity contribution in [1.82, 2.24) is 10.6 Å². The van der Waals surface area contributed by atoms with Crippen LogP contribution in [0.5, 0.6) is 5.75 Å². The van der Waals surface area contributed by atoms with E-state index in [4.69, 9.17) is 4.74 Å². The standard InChI is InChI=1S/C21H23N3O3/c1-12-9-10-15(13(2)11-12)19-18(14(3)22-21(26)24-19)20(25)23-16-7-5-6-8-17(16)27-4/h5-11,19H,1-4H3,(H,23,25)(H2,22,24,26). The third-order valence-corrected chi connectivity index (χ3v) is 4.61. The maximum atomic E-state index is 13.1. The van der Waals surface area contributed by atoms with Gasteiger partial charge in [0.15, 0.2) is 0 Å². The summed E-state index contributed by atoms with van der Waals surface area (Å²) in [6, 6.07) is 12.3. The van der Waals surface area contributed by atoms with E-state index < -0.39 is 6.04 Å². The highest BCUT2D eigenvalue weighted by Gasteiger charge is 2.32. The van der Waals surface area contributed by atoms with Gasteiger partial charge in [-0.1, -0.05) is 35.9 Å². The second-order valence-corrected chi connectivity index (χ2v) is 6.58. The summed E-state index contributed by atoms with van der Waals surface area (Å²) in [7, 11) is 1.55. The zero-order chi connectivity index (χ0) is 19.6. The van der Waals surface area contributed by atoms with Crippen molar-refractivity contribution in [3.05, 3.63) is 70.4 Å². The van der Waals surface area contributed by atoms with Gasteiger partial charge in [-0.15, -0.1) is 0 Å². The van der Waals surface area contributed by atoms with Gasteiger partial charge in [0.2, 0.25) is 0 Å². The van der Waals surface area contributed by atoms with E-state index in [1.807, 2.05) is 44.2 Å². The fourth-order valence-electron chi connectivity index (χ4n) is 3.32. The normalized spacial score (nSPS) is 16.4. The average molecular weight is 365 g/mol. The monoisotopic (exact) mass is 365 g/mol. The van der Waals surface area contributed by atoms with Gasteiger partial charge in [0.05, 0.1) is 24.4 Å². The van der Waals surface area contributed by atoms with Crippen molar-refractivity contribution in [2.75, 3.05) is 12.4 Å². The second kappa shape index (κ2) is 7.53. The molecule has 6 heteroatoms. The number of aryl methyl sites for hydroxylation is 2. The van der Waals surface area contributed by atoms with Gasteiger partial charge in [-0.2, -0.15) is 0 Å². The van der Waals surface area contributed by atoms with Crippen molar-refractivity contribution in [2.24, 2.45) is 0 Å². The van der Waals surface area contributed by atoms with E-state index in [2.05, 4.69) is 16.0 Å². The van der Waals surface area contributed by atoms with Crippen molar-refractivity contribution in [3.63, 3.8) is 0 Å². The number of methoxy groups -OCH3 is 1. The summed E-state index contributed by atoms with van der Waals surface area (Å²) in [4.78, 5) is 25.2. The predicted octanol–water partition coefficient (Wildman–Crippen LogP) is 3.58. The number of amides is 3. The molecule has 0 radical (unpaired) electrons. The summed E-state index contributed by atoms with van der Waals surface area (Å²) in [5.41, 5.74) is 4.58. The number of para-hydroxylation sites is 2. The van der Waals surface area contributed by atoms with Crippen LogP contribution in [0.3, 0.4) is 0 Å². The Hall–Kier alpha value is -3.28. The van der Waals surface area contributed by atoms with Gasteiger partial charge < -0.3 is 20.7 Å². The van der Waals surface area contributed by atoms with Crippen molar-refractivity contribution in [3.8, 4) is 5.75 Å². The molecule has 1 atom stereocenters. The van der Waals surface area contributed by atoms with E-state index >= 15 is 0 Å². The van der Waals surface area contributed by atoms with E-state index in [9.17, 15) is 9.59 Å². The minimum atomic E-state index is -0.533. The van der Waals surface area contributed by atoms with Crippen LogP contribution >= 0.6 is 0 Å². The van der Waals surface area contributed by atoms with Crippen LogP contribution in [-0.2, 0) is 4.79 Å². The number of rotatable bonds is 4. The molecule has 27 heavy (non-hydrogen) atoms. The molecule has 3 rings (SSSR count). The molecular formula is C21H23N3O3. The summed E-state index contributed by atoms with van der Waals surface area (Å²) in [6.45, 7) is 5.71. The SMILES string of the molecule is COc1ccccc1NC(=O)C1=C(C)NC(=O)NC1c1ccc(C)cc1C. The summed E-state index contributed by atoms with van der Waals surface area (Å²) in [5, 5.41) is 8.46. The average Bonchev–Trinajstić information content (AvgIpc) is 2.61. The van der Waals surface area contributed by atoms with Crippen molar-refractivity contribution in [1.29, 1.82) is 0 Å². The molecule has 0 saturated heterocycles. The molecule has 6 nitrogen and oxygen atoms in total. The molecule has 1 unspecified atom stereocenters. The van der Waals surface area contributed by atoms with Gasteiger partial charge in [0.1, 0.15) is 5.75 Å². The van der Waals surface area contributed by atoms with Crippen LogP contribution in [0.25, 0.3) is 0 Å². The Balaban J connectivity index is 2.00. The first-order chi connectivity index (χ1) is 12.9. The van der Waals surface area contributed by atoms with Gasteiger partial charge in [-0.05, 0) is 44.0 Å². The van der Waals surface area contributed by atoms with Crippen molar-refractivity contribution in [2.45, 2.75) is 26.8 Å². The lowest BCUT2D eigenvalue weighted by Crippen LogP contribution is -2.46. The molecule has 0 saturated carbocycles. The van der Waals surface area contributed by atoms with Crippen molar-refractivity contribution >= 4 is 17.6 Å². The van der Waals surface area contributed by atoms with Crippen LogP contribution in [0.2, 0.25) is 0 Å². The topological polar surface area (TPSA) is 79.5 Å². The van der Waals surface area contributed by atoms with Crippen molar-refractivity contribution < 1.29 is 14.3 Å². The molecule has 0 aliphatic carbocycles. The van der Waals surface area contributed by atoms with Crippen LogP contribution in [0, 0.1) is 13.8 Å². The molecule has 1 heterocycles. The highest BCUT2D eigenvalue weighted by molar-refractivity contribution is 6.07. The van der Waals surface area contributed by atoms with Gasteiger partial charge in [-0.25, -0.2) is 4.79 Å². The Kier molecular flexibility index (Phi) is 5.16. The maximum Gasteiger partial charge on any atom is 0.319 e. The first-order valence-electron chi connectivity index (χ1n) is 8.70. The summed E-state index contributed by atoms with van der Waals surface area (Å²) < 4.78 is 5.31. The first-order valence-corrected chi connectivity index (χ1v) is 8.70. The molecular weight excluding hydrogens is 342 g/mol. The van der Waals surface area contributed by atoms with Crippen LogP contribution in [0.1, 0.15) is 29.7 Å². The third-order valence-electron chi connectivity index (χ3n) is 4.61. The number of allylic oxidation sites excluding steroid dienone is 1. The number of anilines is 1. The van der Waals surface area contributed by atoms with E-state index in [0.29, 0.717) is 22.7 Å².